The van der Waals surface area contributed by atoms with Crippen LogP contribution >= 0.6 is 0 Å². The van der Waals surface area contributed by atoms with Crippen molar-refractivity contribution in [3.8, 4) is 0 Å². The van der Waals surface area contributed by atoms with Crippen molar-refractivity contribution in [1.82, 2.24) is 15.0 Å². The van der Waals surface area contributed by atoms with E-state index in [1.807, 2.05) is 29.9 Å². The van der Waals surface area contributed by atoms with E-state index in [0.717, 1.165) is 5.69 Å². The summed E-state index contributed by atoms with van der Waals surface area (Å²) in [5, 5.41) is 16.3. The summed E-state index contributed by atoms with van der Waals surface area (Å²) in [5.41, 5.74) is 1.08. The van der Waals surface area contributed by atoms with Gasteiger partial charge >= 0.3 is 0 Å². The fraction of sp³-hybridized carbons (Fsp3) is 0.385. The molecule has 2 aromatic heterocycles. The quantitative estimate of drug-likeness (QED) is 0.848. The molecular weight excluding hydrogens is 246 g/mol. The van der Waals surface area contributed by atoms with Crippen molar-refractivity contribution in [1.29, 1.82) is 0 Å². The number of carbonyl (C=O) groups excluding carboxylic acids is 1. The standard InChI is InChI=1S/C13H17N3O3/c1-9-8-10(15-19-9)13(18)14-6-5-12(17)11-4-3-7-16(11)2/h3-4,7-8,12,17H,5-6H2,1-2H3,(H,14,18)/t12-/m1/s1. The molecule has 102 valence electrons. The van der Waals surface area contributed by atoms with E-state index < -0.39 is 6.10 Å². The topological polar surface area (TPSA) is 80.3 Å². The first kappa shape index (κ1) is 13.4. The van der Waals surface area contributed by atoms with Crippen LogP contribution in [0.4, 0.5) is 0 Å². The molecule has 0 aliphatic rings. The first-order valence-corrected chi connectivity index (χ1v) is 6.08. The van der Waals surface area contributed by atoms with Crippen molar-refractivity contribution in [2.75, 3.05) is 6.54 Å². The number of nitrogens with one attached hydrogen (secondary N) is 1. The highest BCUT2D eigenvalue weighted by molar-refractivity contribution is 5.92. The molecule has 6 nitrogen and oxygen atoms in total. The van der Waals surface area contributed by atoms with Gasteiger partial charge in [0.2, 0.25) is 0 Å². The highest BCUT2D eigenvalue weighted by atomic mass is 16.5. The lowest BCUT2D eigenvalue weighted by molar-refractivity contribution is 0.0932. The van der Waals surface area contributed by atoms with Gasteiger partial charge in [0.05, 0.1) is 6.10 Å². The van der Waals surface area contributed by atoms with E-state index in [9.17, 15) is 9.90 Å². The van der Waals surface area contributed by atoms with Crippen LogP contribution in [0.1, 0.15) is 34.5 Å². The van der Waals surface area contributed by atoms with E-state index in [-0.39, 0.29) is 11.6 Å². The molecule has 0 aliphatic heterocycles. The Morgan fingerprint density at radius 3 is 3.00 bits per heavy atom. The minimum absolute atomic E-state index is 0.255. The number of aromatic nitrogens is 2. The summed E-state index contributed by atoms with van der Waals surface area (Å²) >= 11 is 0. The zero-order valence-electron chi connectivity index (χ0n) is 11.0. The first-order chi connectivity index (χ1) is 9.08. The molecule has 0 aliphatic carbocycles. The number of carbonyl (C=O) groups is 1. The summed E-state index contributed by atoms with van der Waals surface area (Å²) in [4.78, 5) is 11.7. The second kappa shape index (κ2) is 5.71. The minimum Gasteiger partial charge on any atom is -0.387 e. The Balaban J connectivity index is 1.81. The number of amides is 1. The predicted octanol–water partition coefficient (Wildman–Crippen LogP) is 1.18. The van der Waals surface area contributed by atoms with Gasteiger partial charge in [0, 0.05) is 31.5 Å². The average Bonchev–Trinajstić information content (AvgIpc) is 2.97. The number of aliphatic hydroxyl groups excluding tert-OH is 1. The molecule has 0 radical (unpaired) electrons. The van der Waals surface area contributed by atoms with E-state index in [1.54, 1.807) is 13.0 Å². The van der Waals surface area contributed by atoms with Gasteiger partial charge in [0.15, 0.2) is 5.69 Å². The lowest BCUT2D eigenvalue weighted by Gasteiger charge is -2.12. The normalized spacial score (nSPS) is 12.4. The number of hydrogen-bond donors (Lipinski definition) is 2. The zero-order chi connectivity index (χ0) is 13.8. The maximum Gasteiger partial charge on any atom is 0.273 e. The SMILES string of the molecule is Cc1cc(C(=O)NCC[C@@H](O)c2cccn2C)no1. The number of rotatable bonds is 5. The molecule has 2 N–H and O–H groups in total. The van der Waals surface area contributed by atoms with E-state index in [4.69, 9.17) is 4.52 Å². The summed E-state index contributed by atoms with van der Waals surface area (Å²) in [7, 11) is 1.87. The second-order valence-electron chi connectivity index (χ2n) is 4.43. The van der Waals surface area contributed by atoms with Crippen LogP contribution < -0.4 is 5.32 Å². The number of aryl methyl sites for hydroxylation is 2. The molecular formula is C13H17N3O3. The maximum atomic E-state index is 11.7. The van der Waals surface area contributed by atoms with Gasteiger partial charge < -0.3 is 19.5 Å². The minimum atomic E-state index is -0.598. The fourth-order valence-electron chi connectivity index (χ4n) is 1.85. The van der Waals surface area contributed by atoms with Crippen molar-refractivity contribution in [3.63, 3.8) is 0 Å². The monoisotopic (exact) mass is 263 g/mol. The molecule has 0 unspecified atom stereocenters. The van der Waals surface area contributed by atoms with E-state index in [2.05, 4.69) is 10.5 Å². The molecule has 0 saturated carbocycles. The Labute approximate surface area is 111 Å². The van der Waals surface area contributed by atoms with Crippen LogP contribution in [-0.2, 0) is 7.05 Å². The van der Waals surface area contributed by atoms with Gasteiger partial charge in [0.1, 0.15) is 5.76 Å². The van der Waals surface area contributed by atoms with Crippen LogP contribution in [-0.4, -0.2) is 27.3 Å². The Morgan fingerprint density at radius 1 is 1.63 bits per heavy atom. The number of hydrogen-bond acceptors (Lipinski definition) is 4. The third-order valence-corrected chi connectivity index (χ3v) is 2.89. The third kappa shape index (κ3) is 3.23. The van der Waals surface area contributed by atoms with Gasteiger partial charge in [-0.1, -0.05) is 5.16 Å². The van der Waals surface area contributed by atoms with Gasteiger partial charge in [-0.05, 0) is 25.5 Å². The Morgan fingerprint density at radius 2 is 2.42 bits per heavy atom. The Kier molecular flexibility index (Phi) is 4.01. The molecule has 1 amide bonds. The smallest absolute Gasteiger partial charge is 0.273 e. The summed E-state index contributed by atoms with van der Waals surface area (Å²) in [6.45, 7) is 2.10. The lowest BCUT2D eigenvalue weighted by Crippen LogP contribution is -2.26. The van der Waals surface area contributed by atoms with Crippen LogP contribution in [0.25, 0.3) is 0 Å². The lowest BCUT2D eigenvalue weighted by atomic mass is 10.2. The highest BCUT2D eigenvalue weighted by Gasteiger charge is 2.13. The predicted molar refractivity (Wildman–Crippen MR) is 68.6 cm³/mol. The summed E-state index contributed by atoms with van der Waals surface area (Å²) in [6, 6.07) is 5.30. The molecule has 2 aromatic rings. The average molecular weight is 263 g/mol. The molecule has 2 heterocycles. The number of nitrogens with zero attached hydrogens (tertiary/aromatic N) is 2. The van der Waals surface area contributed by atoms with Gasteiger partial charge in [-0.15, -0.1) is 0 Å². The van der Waals surface area contributed by atoms with Gasteiger partial charge in [-0.3, -0.25) is 4.79 Å². The van der Waals surface area contributed by atoms with Crippen LogP contribution in [0, 0.1) is 6.92 Å². The van der Waals surface area contributed by atoms with Crippen LogP contribution in [0.2, 0.25) is 0 Å². The Bertz CT molecular complexity index is 559. The first-order valence-electron chi connectivity index (χ1n) is 6.08. The third-order valence-electron chi connectivity index (χ3n) is 2.89. The molecule has 0 fully saturated rings. The summed E-state index contributed by atoms with van der Waals surface area (Å²) in [6.07, 6.45) is 1.72. The van der Waals surface area contributed by atoms with Crippen molar-refractivity contribution < 1.29 is 14.4 Å². The van der Waals surface area contributed by atoms with Crippen LogP contribution in [0.5, 0.6) is 0 Å². The molecule has 2 rings (SSSR count). The van der Waals surface area contributed by atoms with Gasteiger partial charge in [-0.25, -0.2) is 0 Å². The van der Waals surface area contributed by atoms with Crippen LogP contribution in [0.15, 0.2) is 28.9 Å². The molecule has 0 bridgehead atoms. The largest absolute Gasteiger partial charge is 0.387 e. The maximum absolute atomic E-state index is 11.7. The second-order valence-corrected chi connectivity index (χ2v) is 4.43. The van der Waals surface area contributed by atoms with Crippen molar-refractivity contribution >= 4 is 5.91 Å². The highest BCUT2D eigenvalue weighted by Crippen LogP contribution is 2.15. The molecule has 1 atom stereocenters. The van der Waals surface area contributed by atoms with Crippen molar-refractivity contribution in [2.24, 2.45) is 7.05 Å². The summed E-state index contributed by atoms with van der Waals surface area (Å²) < 4.78 is 6.68. The van der Waals surface area contributed by atoms with E-state index >= 15 is 0 Å². The summed E-state index contributed by atoms with van der Waals surface area (Å²) in [5.74, 6) is 0.296. The molecule has 0 aromatic carbocycles. The molecule has 6 heteroatoms. The Hall–Kier alpha value is -2.08. The van der Waals surface area contributed by atoms with Gasteiger partial charge in [0.25, 0.3) is 5.91 Å². The van der Waals surface area contributed by atoms with Crippen LogP contribution in [0.3, 0.4) is 0 Å². The molecule has 0 spiro atoms. The molecule has 0 saturated heterocycles. The number of aliphatic hydroxyl groups is 1. The fourth-order valence-corrected chi connectivity index (χ4v) is 1.85. The van der Waals surface area contributed by atoms with Crippen molar-refractivity contribution in [2.45, 2.75) is 19.4 Å². The van der Waals surface area contributed by atoms with E-state index in [1.165, 1.54) is 0 Å². The molecule has 19 heavy (non-hydrogen) atoms. The van der Waals surface area contributed by atoms with Gasteiger partial charge in [-0.2, -0.15) is 0 Å². The zero-order valence-corrected chi connectivity index (χ0v) is 11.0. The van der Waals surface area contributed by atoms with Crippen molar-refractivity contribution in [3.05, 3.63) is 41.5 Å². The van der Waals surface area contributed by atoms with E-state index in [0.29, 0.717) is 18.7 Å².